The lowest BCUT2D eigenvalue weighted by molar-refractivity contribution is 0.100. The van der Waals surface area contributed by atoms with Crippen LogP contribution < -0.4 is 10.5 Å². The van der Waals surface area contributed by atoms with Crippen molar-refractivity contribution in [2.75, 3.05) is 6.61 Å². The smallest absolute Gasteiger partial charge is 0.249 e. The number of amides is 1. The predicted molar refractivity (Wildman–Crippen MR) is 104 cm³/mol. The molecule has 4 rings (SSSR count). The second-order valence-electron chi connectivity index (χ2n) is 6.16. The highest BCUT2D eigenvalue weighted by atomic mass is 16.5. The quantitative estimate of drug-likeness (QED) is 0.592. The Bertz CT molecular complexity index is 1090. The van der Waals surface area contributed by atoms with Gasteiger partial charge in [-0.15, -0.1) is 0 Å². The van der Waals surface area contributed by atoms with Crippen molar-refractivity contribution in [1.29, 1.82) is 0 Å². The van der Waals surface area contributed by atoms with Crippen LogP contribution in [0.15, 0.2) is 60.7 Å². The molecule has 129 valence electrons. The second kappa shape index (κ2) is 6.56. The molecule has 3 aromatic carbocycles. The average Bonchev–Trinajstić information content (AvgIpc) is 2.98. The third-order valence-corrected chi connectivity index (χ3v) is 4.55. The maximum atomic E-state index is 11.9. The molecule has 0 aliphatic heterocycles. The molecular formula is C22H19N2O2. The summed E-state index contributed by atoms with van der Waals surface area (Å²) in [5.74, 6) is 0.441. The van der Waals surface area contributed by atoms with E-state index in [1.165, 1.54) is 0 Å². The van der Waals surface area contributed by atoms with Crippen molar-refractivity contribution in [2.24, 2.45) is 5.73 Å². The third kappa shape index (κ3) is 2.69. The number of carbonyl (C=O) groups excluding carboxylic acids is 1. The number of benzene rings is 3. The molecule has 1 radical (unpaired) electrons. The van der Waals surface area contributed by atoms with E-state index in [-0.39, 0.29) is 0 Å². The standard InChI is InChI=1S/C22H19N2O2/c1-2-26-16-12-10-15(11-13-16)14-24-19-8-4-3-6-17(19)21-18(22(23)25)7-5-9-20(21)24/h3-5,7-13H,2,14H2,1H3,(H2,23,25). The Kier molecular flexibility index (Phi) is 4.09. The fraction of sp³-hybridized carbons (Fsp3) is 0.136. The molecule has 1 amide bonds. The van der Waals surface area contributed by atoms with Crippen molar-refractivity contribution < 1.29 is 9.53 Å². The molecule has 0 aliphatic rings. The van der Waals surface area contributed by atoms with Crippen LogP contribution in [0.25, 0.3) is 21.8 Å². The number of carbonyl (C=O) groups is 1. The molecular weight excluding hydrogens is 324 g/mol. The highest BCUT2D eigenvalue weighted by Gasteiger charge is 2.16. The van der Waals surface area contributed by atoms with E-state index in [1.54, 1.807) is 6.07 Å². The minimum absolute atomic E-state index is 0.423. The van der Waals surface area contributed by atoms with Crippen LogP contribution in [-0.2, 0) is 6.54 Å². The van der Waals surface area contributed by atoms with Gasteiger partial charge in [0.1, 0.15) is 5.75 Å². The Morgan fingerprint density at radius 3 is 2.58 bits per heavy atom. The zero-order valence-electron chi connectivity index (χ0n) is 14.5. The molecule has 2 N–H and O–H groups in total. The van der Waals surface area contributed by atoms with Crippen LogP contribution in [0.4, 0.5) is 0 Å². The van der Waals surface area contributed by atoms with Gasteiger partial charge in [0.2, 0.25) is 5.91 Å². The molecule has 4 aromatic rings. The summed E-state index contributed by atoms with van der Waals surface area (Å²) < 4.78 is 7.71. The minimum Gasteiger partial charge on any atom is -0.494 e. The van der Waals surface area contributed by atoms with Crippen LogP contribution in [0.5, 0.6) is 5.75 Å². The molecule has 26 heavy (non-hydrogen) atoms. The Morgan fingerprint density at radius 2 is 1.85 bits per heavy atom. The number of ether oxygens (including phenoxy) is 1. The monoisotopic (exact) mass is 343 g/mol. The number of fused-ring (bicyclic) bond motifs is 3. The highest BCUT2D eigenvalue weighted by molar-refractivity contribution is 6.17. The second-order valence-corrected chi connectivity index (χ2v) is 6.16. The first-order chi connectivity index (χ1) is 12.7. The molecule has 0 fully saturated rings. The number of primary amides is 1. The molecule has 0 bridgehead atoms. The Hall–Kier alpha value is -3.27. The van der Waals surface area contributed by atoms with Crippen LogP contribution >= 0.6 is 0 Å². The van der Waals surface area contributed by atoms with Gasteiger partial charge in [-0.3, -0.25) is 4.79 Å². The molecule has 0 saturated carbocycles. The van der Waals surface area contributed by atoms with Crippen molar-refractivity contribution in [2.45, 2.75) is 13.5 Å². The van der Waals surface area contributed by atoms with Gasteiger partial charge in [0.25, 0.3) is 0 Å². The molecule has 4 nitrogen and oxygen atoms in total. The van der Waals surface area contributed by atoms with Crippen molar-refractivity contribution >= 4 is 27.7 Å². The summed E-state index contributed by atoms with van der Waals surface area (Å²) in [5, 5.41) is 1.78. The van der Waals surface area contributed by atoms with E-state index < -0.39 is 5.91 Å². The maximum Gasteiger partial charge on any atom is 0.249 e. The fourth-order valence-electron chi connectivity index (χ4n) is 3.43. The largest absolute Gasteiger partial charge is 0.494 e. The van der Waals surface area contributed by atoms with Gasteiger partial charge in [0, 0.05) is 22.9 Å². The molecule has 0 aliphatic carbocycles. The molecule has 0 atom stereocenters. The lowest BCUT2D eigenvalue weighted by Crippen LogP contribution is -2.11. The zero-order chi connectivity index (χ0) is 18.1. The van der Waals surface area contributed by atoms with Gasteiger partial charge >= 0.3 is 0 Å². The van der Waals surface area contributed by atoms with E-state index in [9.17, 15) is 4.79 Å². The lowest BCUT2D eigenvalue weighted by atomic mass is 10.1. The van der Waals surface area contributed by atoms with Crippen LogP contribution in [0.2, 0.25) is 0 Å². The van der Waals surface area contributed by atoms with Crippen molar-refractivity contribution in [3.05, 3.63) is 77.9 Å². The van der Waals surface area contributed by atoms with Gasteiger partial charge in [-0.05, 0) is 48.9 Å². The Morgan fingerprint density at radius 1 is 1.08 bits per heavy atom. The molecule has 0 saturated heterocycles. The van der Waals surface area contributed by atoms with Gasteiger partial charge in [-0.25, -0.2) is 0 Å². The van der Waals surface area contributed by atoms with E-state index in [0.29, 0.717) is 18.7 Å². The number of nitrogens with zero attached hydrogens (tertiary/aromatic N) is 1. The topological polar surface area (TPSA) is 57.2 Å². The Labute approximate surface area is 151 Å². The van der Waals surface area contributed by atoms with Gasteiger partial charge in [-0.2, -0.15) is 0 Å². The average molecular weight is 343 g/mol. The number of hydrogen-bond donors (Lipinski definition) is 1. The molecule has 0 unspecified atom stereocenters. The number of rotatable bonds is 5. The predicted octanol–water partition coefficient (Wildman–Crippen LogP) is 4.14. The van der Waals surface area contributed by atoms with E-state index in [2.05, 4.69) is 22.8 Å². The SMILES string of the molecule is CCOc1ccc(Cn2c3ccc[c]c3c3c(C(N)=O)cccc32)cc1. The van der Waals surface area contributed by atoms with E-state index in [1.807, 2.05) is 49.4 Å². The van der Waals surface area contributed by atoms with E-state index >= 15 is 0 Å². The first kappa shape index (κ1) is 16.2. The number of hydrogen-bond acceptors (Lipinski definition) is 2. The summed E-state index contributed by atoms with van der Waals surface area (Å²) in [6, 6.07) is 22.9. The van der Waals surface area contributed by atoms with Crippen LogP contribution in [-0.4, -0.2) is 17.1 Å². The fourth-order valence-corrected chi connectivity index (χ4v) is 3.43. The van der Waals surface area contributed by atoms with Crippen molar-refractivity contribution in [3.8, 4) is 5.75 Å². The van der Waals surface area contributed by atoms with Crippen LogP contribution in [0, 0.1) is 6.07 Å². The van der Waals surface area contributed by atoms with Crippen molar-refractivity contribution in [1.82, 2.24) is 4.57 Å². The summed E-state index contributed by atoms with van der Waals surface area (Å²) in [5.41, 5.74) is 9.30. The molecule has 4 heteroatoms. The van der Waals surface area contributed by atoms with Gasteiger partial charge in [0.05, 0.1) is 17.6 Å². The van der Waals surface area contributed by atoms with Crippen molar-refractivity contribution in [3.63, 3.8) is 0 Å². The molecule has 1 heterocycles. The molecule has 1 aromatic heterocycles. The third-order valence-electron chi connectivity index (χ3n) is 4.55. The Balaban J connectivity index is 1.88. The molecule has 0 spiro atoms. The summed E-state index contributed by atoms with van der Waals surface area (Å²) in [4.78, 5) is 11.9. The van der Waals surface area contributed by atoms with Gasteiger partial charge in [0.15, 0.2) is 0 Å². The summed E-state index contributed by atoms with van der Waals surface area (Å²) in [6.07, 6.45) is 0. The zero-order valence-corrected chi connectivity index (χ0v) is 14.5. The van der Waals surface area contributed by atoms with Gasteiger partial charge in [-0.1, -0.05) is 30.3 Å². The van der Waals surface area contributed by atoms with Gasteiger partial charge < -0.3 is 15.0 Å². The maximum absolute atomic E-state index is 11.9. The van der Waals surface area contributed by atoms with Crippen LogP contribution in [0.3, 0.4) is 0 Å². The van der Waals surface area contributed by atoms with Crippen LogP contribution in [0.1, 0.15) is 22.8 Å². The number of nitrogens with two attached hydrogens (primary N) is 1. The summed E-state index contributed by atoms with van der Waals surface area (Å²) in [6.45, 7) is 3.31. The summed E-state index contributed by atoms with van der Waals surface area (Å²) >= 11 is 0. The highest BCUT2D eigenvalue weighted by Crippen LogP contribution is 2.32. The first-order valence-electron chi connectivity index (χ1n) is 8.62. The number of aromatic nitrogens is 1. The normalized spacial score (nSPS) is 11.1. The first-order valence-corrected chi connectivity index (χ1v) is 8.62. The summed E-state index contributed by atoms with van der Waals surface area (Å²) in [7, 11) is 0. The van der Waals surface area contributed by atoms with E-state index in [0.717, 1.165) is 33.1 Å². The minimum atomic E-state index is -0.423. The lowest BCUT2D eigenvalue weighted by Gasteiger charge is -2.09. The van der Waals surface area contributed by atoms with E-state index in [4.69, 9.17) is 10.5 Å².